The summed E-state index contributed by atoms with van der Waals surface area (Å²) in [7, 11) is 1.52. The number of anilines is 1. The Balaban J connectivity index is 2.36. The van der Waals surface area contributed by atoms with Gasteiger partial charge in [0.2, 0.25) is 0 Å². The second-order valence-corrected chi connectivity index (χ2v) is 5.34. The van der Waals surface area contributed by atoms with Crippen molar-refractivity contribution in [2.24, 2.45) is 11.7 Å². The molecule has 0 aliphatic carbocycles. The molecule has 1 heterocycles. The van der Waals surface area contributed by atoms with Crippen LogP contribution in [0.2, 0.25) is 0 Å². The van der Waals surface area contributed by atoms with Crippen molar-refractivity contribution in [3.63, 3.8) is 0 Å². The summed E-state index contributed by atoms with van der Waals surface area (Å²) in [5, 5.41) is 0. The van der Waals surface area contributed by atoms with Crippen LogP contribution in [0.4, 0.5) is 5.69 Å². The number of carbonyl (C=O) groups excluding carboxylic acids is 1. The fraction of sp³-hybridized carbons (Fsp3) is 0.533. The van der Waals surface area contributed by atoms with Gasteiger partial charge in [0.15, 0.2) is 0 Å². The van der Waals surface area contributed by atoms with Gasteiger partial charge in [-0.25, -0.2) is 0 Å². The quantitative estimate of drug-likeness (QED) is 0.907. The molecule has 0 fully saturated rings. The zero-order chi connectivity index (χ0) is 14.7. The minimum absolute atomic E-state index is 0.0173. The number of nitrogens with two attached hydrogens (primary N) is 1. The summed E-state index contributed by atoms with van der Waals surface area (Å²) in [5.41, 5.74) is 7.45. The number of hydrogen-bond donors (Lipinski definition) is 1. The molecule has 0 saturated heterocycles. The number of benzene rings is 1. The van der Waals surface area contributed by atoms with Gasteiger partial charge < -0.3 is 20.1 Å². The predicted octanol–water partition coefficient (Wildman–Crippen LogP) is 1.54. The lowest BCUT2D eigenvalue weighted by atomic mass is 10.0. The summed E-state index contributed by atoms with van der Waals surface area (Å²) >= 11 is 0. The summed E-state index contributed by atoms with van der Waals surface area (Å²) in [5.74, 6) is 0.994. The standard InChI is InChI=1S/C15H22N2O3/c1-10(2)14-8-17(15(18)9-19-3)12-5-4-11(7-16)6-13(12)20-14/h4-6,10,14H,7-9,16H2,1-3H3. The molecule has 2 N–H and O–H groups in total. The van der Waals surface area contributed by atoms with Gasteiger partial charge >= 0.3 is 0 Å². The van der Waals surface area contributed by atoms with Crippen LogP contribution in [0.1, 0.15) is 19.4 Å². The molecule has 0 aromatic heterocycles. The van der Waals surface area contributed by atoms with E-state index in [9.17, 15) is 4.79 Å². The monoisotopic (exact) mass is 278 g/mol. The molecule has 5 nitrogen and oxygen atoms in total. The summed E-state index contributed by atoms with van der Waals surface area (Å²) < 4.78 is 11.0. The molecule has 20 heavy (non-hydrogen) atoms. The van der Waals surface area contributed by atoms with Gasteiger partial charge in [-0.15, -0.1) is 0 Å². The first kappa shape index (κ1) is 14.8. The molecule has 1 aliphatic rings. The van der Waals surface area contributed by atoms with Crippen LogP contribution in [0, 0.1) is 5.92 Å². The van der Waals surface area contributed by atoms with Crippen LogP contribution in [-0.2, 0) is 16.1 Å². The molecular formula is C15H22N2O3. The van der Waals surface area contributed by atoms with E-state index in [0.717, 1.165) is 17.0 Å². The third-order valence-electron chi connectivity index (χ3n) is 3.50. The highest BCUT2D eigenvalue weighted by Gasteiger charge is 2.31. The van der Waals surface area contributed by atoms with Crippen LogP contribution >= 0.6 is 0 Å². The lowest BCUT2D eigenvalue weighted by Crippen LogP contribution is -2.47. The van der Waals surface area contributed by atoms with Crippen molar-refractivity contribution in [2.75, 3.05) is 25.2 Å². The molecule has 0 bridgehead atoms. The molecule has 1 atom stereocenters. The molecule has 2 rings (SSSR count). The fourth-order valence-electron chi connectivity index (χ4n) is 2.27. The maximum Gasteiger partial charge on any atom is 0.253 e. The van der Waals surface area contributed by atoms with E-state index in [4.69, 9.17) is 15.2 Å². The summed E-state index contributed by atoms with van der Waals surface area (Å²) in [4.78, 5) is 13.9. The van der Waals surface area contributed by atoms with Crippen molar-refractivity contribution in [3.8, 4) is 5.75 Å². The molecule has 110 valence electrons. The Morgan fingerprint density at radius 2 is 2.30 bits per heavy atom. The first-order valence-electron chi connectivity index (χ1n) is 6.85. The summed E-state index contributed by atoms with van der Waals surface area (Å²) in [6.45, 7) is 5.25. The van der Waals surface area contributed by atoms with Gasteiger partial charge in [0.05, 0.1) is 12.2 Å². The maximum absolute atomic E-state index is 12.2. The van der Waals surface area contributed by atoms with Gasteiger partial charge in [-0.1, -0.05) is 19.9 Å². The van der Waals surface area contributed by atoms with Crippen LogP contribution in [0.3, 0.4) is 0 Å². The topological polar surface area (TPSA) is 64.8 Å². The number of amides is 1. The third-order valence-corrected chi connectivity index (χ3v) is 3.50. The molecule has 1 aromatic carbocycles. The van der Waals surface area contributed by atoms with Crippen molar-refractivity contribution in [3.05, 3.63) is 23.8 Å². The average molecular weight is 278 g/mol. The minimum atomic E-state index is -0.0526. The Labute approximate surface area is 119 Å². The molecule has 0 saturated carbocycles. The average Bonchev–Trinajstić information content (AvgIpc) is 2.45. The fourth-order valence-corrected chi connectivity index (χ4v) is 2.27. The van der Waals surface area contributed by atoms with Gasteiger partial charge in [-0.05, 0) is 23.6 Å². The molecule has 1 unspecified atom stereocenters. The molecular weight excluding hydrogens is 256 g/mol. The van der Waals surface area contributed by atoms with Crippen molar-refractivity contribution in [2.45, 2.75) is 26.5 Å². The van der Waals surface area contributed by atoms with Gasteiger partial charge in [0.1, 0.15) is 18.5 Å². The first-order chi connectivity index (χ1) is 9.56. The van der Waals surface area contributed by atoms with Crippen LogP contribution in [0.5, 0.6) is 5.75 Å². The zero-order valence-electron chi connectivity index (χ0n) is 12.3. The Kier molecular flexibility index (Phi) is 4.62. The Bertz CT molecular complexity index is 488. The second kappa shape index (κ2) is 6.24. The Morgan fingerprint density at radius 1 is 1.55 bits per heavy atom. The maximum atomic E-state index is 12.2. The number of methoxy groups -OCH3 is 1. The SMILES string of the molecule is COCC(=O)N1CC(C(C)C)Oc2cc(CN)ccc21. The Hall–Kier alpha value is -1.59. The van der Waals surface area contributed by atoms with Crippen molar-refractivity contribution >= 4 is 11.6 Å². The van der Waals surface area contributed by atoms with E-state index in [1.54, 1.807) is 4.90 Å². The Morgan fingerprint density at radius 3 is 2.90 bits per heavy atom. The first-order valence-corrected chi connectivity index (χ1v) is 6.85. The van der Waals surface area contributed by atoms with E-state index in [0.29, 0.717) is 19.0 Å². The van der Waals surface area contributed by atoms with Crippen molar-refractivity contribution in [1.82, 2.24) is 0 Å². The van der Waals surface area contributed by atoms with Crippen LogP contribution in [0.15, 0.2) is 18.2 Å². The van der Waals surface area contributed by atoms with E-state index in [-0.39, 0.29) is 18.6 Å². The zero-order valence-corrected chi connectivity index (χ0v) is 12.3. The van der Waals surface area contributed by atoms with Crippen LogP contribution < -0.4 is 15.4 Å². The van der Waals surface area contributed by atoms with Gasteiger partial charge in [-0.3, -0.25) is 4.79 Å². The van der Waals surface area contributed by atoms with Crippen LogP contribution in [0.25, 0.3) is 0 Å². The number of hydrogen-bond acceptors (Lipinski definition) is 4. The number of nitrogens with zero attached hydrogens (tertiary/aromatic N) is 1. The molecule has 1 aliphatic heterocycles. The molecule has 1 aromatic rings. The lowest BCUT2D eigenvalue weighted by molar-refractivity contribution is -0.122. The highest BCUT2D eigenvalue weighted by Crippen LogP contribution is 2.35. The predicted molar refractivity (Wildman–Crippen MR) is 77.8 cm³/mol. The van der Waals surface area contributed by atoms with E-state index in [1.165, 1.54) is 7.11 Å². The number of ether oxygens (including phenoxy) is 2. The number of carbonyl (C=O) groups is 1. The van der Waals surface area contributed by atoms with Crippen molar-refractivity contribution in [1.29, 1.82) is 0 Å². The largest absolute Gasteiger partial charge is 0.486 e. The lowest BCUT2D eigenvalue weighted by Gasteiger charge is -2.36. The third kappa shape index (κ3) is 2.94. The highest BCUT2D eigenvalue weighted by molar-refractivity contribution is 5.96. The van der Waals surface area contributed by atoms with Crippen molar-refractivity contribution < 1.29 is 14.3 Å². The van der Waals surface area contributed by atoms with E-state index in [1.807, 2.05) is 18.2 Å². The minimum Gasteiger partial charge on any atom is -0.486 e. The normalized spacial score (nSPS) is 17.9. The number of fused-ring (bicyclic) bond motifs is 1. The molecule has 0 radical (unpaired) electrons. The number of rotatable bonds is 4. The van der Waals surface area contributed by atoms with E-state index >= 15 is 0 Å². The second-order valence-electron chi connectivity index (χ2n) is 5.34. The van der Waals surface area contributed by atoms with Crippen LogP contribution in [-0.4, -0.2) is 32.3 Å². The van der Waals surface area contributed by atoms with Gasteiger partial charge in [0, 0.05) is 13.7 Å². The summed E-state index contributed by atoms with van der Waals surface area (Å²) in [6.07, 6.45) is -0.0173. The van der Waals surface area contributed by atoms with E-state index in [2.05, 4.69) is 13.8 Å². The van der Waals surface area contributed by atoms with Gasteiger partial charge in [-0.2, -0.15) is 0 Å². The molecule has 0 spiro atoms. The highest BCUT2D eigenvalue weighted by atomic mass is 16.5. The molecule has 5 heteroatoms. The summed E-state index contributed by atoms with van der Waals surface area (Å²) in [6, 6.07) is 5.73. The smallest absolute Gasteiger partial charge is 0.253 e. The molecule has 1 amide bonds. The van der Waals surface area contributed by atoms with Gasteiger partial charge in [0.25, 0.3) is 5.91 Å². The van der Waals surface area contributed by atoms with E-state index < -0.39 is 0 Å².